The molecule has 5 rings (SSSR count). The standard InChI is InChI=1S/C22H29N3O2/c26-10-11-27-22-6-2-1-5-20(22)16-25-15-19-7-8-21(25)17-24(14-19)13-18-4-3-9-23-12-18/h1-6,9,12,19,21,26H,7-8,10-11,13-17H2/t19-,21+/m0/s1. The molecule has 3 fully saturated rings. The highest BCUT2D eigenvalue weighted by molar-refractivity contribution is 5.33. The van der Waals surface area contributed by atoms with Crippen molar-refractivity contribution in [3.8, 4) is 5.75 Å². The van der Waals surface area contributed by atoms with Crippen LogP contribution < -0.4 is 4.74 Å². The van der Waals surface area contributed by atoms with E-state index in [0.29, 0.717) is 12.6 Å². The average molecular weight is 367 g/mol. The molecule has 0 unspecified atom stereocenters. The Labute approximate surface area is 161 Å². The van der Waals surface area contributed by atoms with Crippen molar-refractivity contribution in [2.75, 3.05) is 32.8 Å². The molecule has 1 N–H and O–H groups in total. The van der Waals surface area contributed by atoms with Crippen molar-refractivity contribution < 1.29 is 9.84 Å². The summed E-state index contributed by atoms with van der Waals surface area (Å²) in [6, 6.07) is 13.0. The Balaban J connectivity index is 1.44. The molecule has 27 heavy (non-hydrogen) atoms. The Morgan fingerprint density at radius 1 is 1.04 bits per heavy atom. The van der Waals surface area contributed by atoms with Crippen molar-refractivity contribution >= 4 is 0 Å². The number of para-hydroxylation sites is 1. The van der Waals surface area contributed by atoms with Crippen LogP contribution in [0.3, 0.4) is 0 Å². The van der Waals surface area contributed by atoms with E-state index in [1.807, 2.05) is 30.6 Å². The van der Waals surface area contributed by atoms with Crippen LogP contribution in [0.15, 0.2) is 48.8 Å². The van der Waals surface area contributed by atoms with Crippen LogP contribution in [0.2, 0.25) is 0 Å². The molecular formula is C22H29N3O2. The lowest BCUT2D eigenvalue weighted by Crippen LogP contribution is -2.43. The van der Waals surface area contributed by atoms with Crippen molar-refractivity contribution in [3.63, 3.8) is 0 Å². The first-order chi connectivity index (χ1) is 13.3. The van der Waals surface area contributed by atoms with Gasteiger partial charge in [0, 0.05) is 56.7 Å². The van der Waals surface area contributed by atoms with E-state index in [1.165, 1.54) is 30.5 Å². The van der Waals surface area contributed by atoms with Gasteiger partial charge in [-0.25, -0.2) is 0 Å². The van der Waals surface area contributed by atoms with Crippen molar-refractivity contribution in [1.82, 2.24) is 14.8 Å². The number of benzene rings is 1. The van der Waals surface area contributed by atoms with Gasteiger partial charge in [-0.05, 0) is 36.5 Å². The summed E-state index contributed by atoms with van der Waals surface area (Å²) in [6.07, 6.45) is 6.42. The molecular weight excluding hydrogens is 338 g/mol. The second kappa shape index (κ2) is 8.83. The Hall–Kier alpha value is -1.95. The molecule has 2 bridgehead atoms. The van der Waals surface area contributed by atoms with E-state index in [4.69, 9.17) is 9.84 Å². The minimum Gasteiger partial charge on any atom is -0.491 e. The number of rotatable bonds is 7. The smallest absolute Gasteiger partial charge is 0.123 e. The van der Waals surface area contributed by atoms with Crippen LogP contribution in [-0.2, 0) is 13.1 Å². The van der Waals surface area contributed by atoms with Gasteiger partial charge in [0.2, 0.25) is 0 Å². The number of hydrogen-bond donors (Lipinski definition) is 1. The molecule has 0 aliphatic carbocycles. The number of aliphatic hydroxyl groups excluding tert-OH is 1. The molecule has 1 aromatic heterocycles. The van der Waals surface area contributed by atoms with E-state index in [9.17, 15) is 0 Å². The third-order valence-electron chi connectivity index (χ3n) is 5.73. The zero-order valence-electron chi connectivity index (χ0n) is 15.8. The third-order valence-corrected chi connectivity index (χ3v) is 5.73. The third kappa shape index (κ3) is 4.67. The van der Waals surface area contributed by atoms with Crippen LogP contribution >= 0.6 is 0 Å². The quantitative estimate of drug-likeness (QED) is 0.815. The predicted octanol–water partition coefficient (Wildman–Crippen LogP) is 2.55. The Kier molecular flexibility index (Phi) is 6.02. The molecule has 2 aromatic rings. The van der Waals surface area contributed by atoms with Gasteiger partial charge >= 0.3 is 0 Å². The molecule has 0 radical (unpaired) electrons. The molecule has 0 saturated carbocycles. The SMILES string of the molecule is OCCOc1ccccc1CN1C[C@H]2CC[C@@H]1CN(Cc1cccnc1)C2. The molecule has 5 heteroatoms. The molecule has 144 valence electrons. The van der Waals surface area contributed by atoms with Gasteiger partial charge in [-0.15, -0.1) is 0 Å². The summed E-state index contributed by atoms with van der Waals surface area (Å²) in [4.78, 5) is 9.51. The van der Waals surface area contributed by atoms with Crippen LogP contribution in [0.1, 0.15) is 24.0 Å². The monoisotopic (exact) mass is 367 g/mol. The number of aliphatic hydroxyl groups is 1. The van der Waals surface area contributed by atoms with Gasteiger partial charge < -0.3 is 9.84 Å². The number of hydrogen-bond acceptors (Lipinski definition) is 5. The fourth-order valence-corrected chi connectivity index (χ4v) is 4.50. The van der Waals surface area contributed by atoms with Gasteiger partial charge in [0.05, 0.1) is 6.61 Å². The minimum absolute atomic E-state index is 0.0477. The lowest BCUT2D eigenvalue weighted by Gasteiger charge is -2.36. The molecule has 5 nitrogen and oxygen atoms in total. The predicted molar refractivity (Wildman–Crippen MR) is 105 cm³/mol. The van der Waals surface area contributed by atoms with Crippen LogP contribution in [-0.4, -0.2) is 58.8 Å². The maximum absolute atomic E-state index is 9.07. The molecule has 2 atom stereocenters. The van der Waals surface area contributed by atoms with E-state index >= 15 is 0 Å². The van der Waals surface area contributed by atoms with Gasteiger partial charge in [-0.3, -0.25) is 14.8 Å². The lowest BCUT2D eigenvalue weighted by atomic mass is 9.94. The number of ether oxygens (including phenoxy) is 1. The summed E-state index contributed by atoms with van der Waals surface area (Å²) in [5.41, 5.74) is 2.52. The number of aromatic nitrogens is 1. The molecule has 3 aliphatic heterocycles. The number of pyridine rings is 1. The van der Waals surface area contributed by atoms with Gasteiger partial charge in [0.1, 0.15) is 12.4 Å². The normalized spacial score (nSPS) is 23.3. The average Bonchev–Trinajstić information content (AvgIpc) is 2.98. The largest absolute Gasteiger partial charge is 0.491 e. The molecule has 0 amide bonds. The summed E-state index contributed by atoms with van der Waals surface area (Å²) in [5.74, 6) is 1.63. The van der Waals surface area contributed by atoms with Gasteiger partial charge in [-0.1, -0.05) is 24.3 Å². The summed E-state index contributed by atoms with van der Waals surface area (Å²) in [5, 5.41) is 9.07. The zero-order chi connectivity index (χ0) is 18.5. The first-order valence-electron chi connectivity index (χ1n) is 9.98. The Bertz CT molecular complexity index is 725. The van der Waals surface area contributed by atoms with Gasteiger partial charge in [-0.2, -0.15) is 0 Å². The molecule has 4 heterocycles. The van der Waals surface area contributed by atoms with Crippen LogP contribution in [0.25, 0.3) is 0 Å². The van der Waals surface area contributed by atoms with Crippen molar-refractivity contribution in [3.05, 3.63) is 59.9 Å². The highest BCUT2D eigenvalue weighted by Gasteiger charge is 2.34. The first kappa shape index (κ1) is 18.4. The fourth-order valence-electron chi connectivity index (χ4n) is 4.50. The van der Waals surface area contributed by atoms with Crippen molar-refractivity contribution in [2.45, 2.75) is 32.0 Å². The van der Waals surface area contributed by atoms with Crippen molar-refractivity contribution in [2.24, 2.45) is 5.92 Å². The number of fused-ring (bicyclic) bond motifs is 4. The summed E-state index contributed by atoms with van der Waals surface area (Å²) in [7, 11) is 0. The maximum Gasteiger partial charge on any atom is 0.123 e. The summed E-state index contributed by atoms with van der Waals surface area (Å²) in [6.45, 7) is 5.75. The number of piperidine rings is 1. The van der Waals surface area contributed by atoms with Gasteiger partial charge in [0.15, 0.2) is 0 Å². The highest BCUT2D eigenvalue weighted by atomic mass is 16.5. The Morgan fingerprint density at radius 2 is 1.96 bits per heavy atom. The van der Waals surface area contributed by atoms with E-state index in [1.54, 1.807) is 0 Å². The van der Waals surface area contributed by atoms with E-state index in [-0.39, 0.29) is 6.61 Å². The summed E-state index contributed by atoms with van der Waals surface area (Å²) < 4.78 is 5.75. The molecule has 3 aliphatic rings. The highest BCUT2D eigenvalue weighted by Crippen LogP contribution is 2.31. The molecule has 0 spiro atoms. The van der Waals surface area contributed by atoms with E-state index in [2.05, 4.69) is 33.0 Å². The van der Waals surface area contributed by atoms with E-state index < -0.39 is 0 Å². The van der Waals surface area contributed by atoms with Crippen LogP contribution in [0.4, 0.5) is 0 Å². The molecule has 1 aromatic carbocycles. The second-order valence-corrected chi connectivity index (χ2v) is 7.76. The fraction of sp³-hybridized carbons (Fsp3) is 0.500. The lowest BCUT2D eigenvalue weighted by molar-refractivity contribution is 0.120. The van der Waals surface area contributed by atoms with Crippen LogP contribution in [0, 0.1) is 5.92 Å². The summed E-state index contributed by atoms with van der Waals surface area (Å²) >= 11 is 0. The second-order valence-electron chi connectivity index (χ2n) is 7.76. The number of nitrogens with zero attached hydrogens (tertiary/aromatic N) is 3. The minimum atomic E-state index is 0.0477. The Morgan fingerprint density at radius 3 is 2.81 bits per heavy atom. The van der Waals surface area contributed by atoms with E-state index in [0.717, 1.165) is 37.8 Å². The maximum atomic E-state index is 9.07. The van der Waals surface area contributed by atoms with Gasteiger partial charge in [0.25, 0.3) is 0 Å². The molecule has 3 saturated heterocycles. The zero-order valence-corrected chi connectivity index (χ0v) is 15.8. The van der Waals surface area contributed by atoms with Crippen LogP contribution in [0.5, 0.6) is 5.75 Å². The topological polar surface area (TPSA) is 48.8 Å². The van der Waals surface area contributed by atoms with Crippen molar-refractivity contribution in [1.29, 1.82) is 0 Å². The first-order valence-corrected chi connectivity index (χ1v) is 9.98.